The number of hydrogen-bond donors (Lipinski definition) is 1. The second-order valence-corrected chi connectivity index (χ2v) is 5.17. The Morgan fingerprint density at radius 1 is 1.47 bits per heavy atom. The van der Waals surface area contributed by atoms with Gasteiger partial charge < -0.3 is 10.1 Å². The number of hydrogen-bond acceptors (Lipinski definition) is 3. The Morgan fingerprint density at radius 3 is 2.76 bits per heavy atom. The number of alkyl halides is 1. The summed E-state index contributed by atoms with van der Waals surface area (Å²) in [6.45, 7) is 0.521. The molecule has 94 valence electrons. The van der Waals surface area contributed by atoms with Crippen LogP contribution in [0.4, 0.5) is 0 Å². The third-order valence-electron chi connectivity index (χ3n) is 2.03. The predicted molar refractivity (Wildman–Crippen MR) is 74.8 cm³/mol. The zero-order valence-electron chi connectivity index (χ0n) is 9.69. The van der Waals surface area contributed by atoms with Gasteiger partial charge in [0.1, 0.15) is 0 Å². The van der Waals surface area contributed by atoms with Gasteiger partial charge in [-0.25, -0.2) is 0 Å². The highest BCUT2D eigenvalue weighted by Gasteiger charge is 2.10. The zero-order chi connectivity index (χ0) is 12.5. The van der Waals surface area contributed by atoms with Gasteiger partial charge in [-0.3, -0.25) is 4.79 Å². The first-order valence-corrected chi connectivity index (χ1v) is 7.39. The summed E-state index contributed by atoms with van der Waals surface area (Å²) in [5.74, 6) is 0.456. The van der Waals surface area contributed by atoms with Crippen LogP contribution in [-0.2, 0) is 9.53 Å². The van der Waals surface area contributed by atoms with Crippen LogP contribution < -0.4 is 5.32 Å². The lowest BCUT2D eigenvalue weighted by molar-refractivity contribution is -0.119. The van der Waals surface area contributed by atoms with Gasteiger partial charge in [-0.15, -0.1) is 11.8 Å². The molecule has 1 amide bonds. The smallest absolute Gasteiger partial charge is 0.230 e. The second kappa shape index (κ2) is 8.55. The van der Waals surface area contributed by atoms with Crippen LogP contribution in [0, 0.1) is 0 Å². The lowest BCUT2D eigenvalue weighted by atomic mass is 10.3. The summed E-state index contributed by atoms with van der Waals surface area (Å²) in [6.07, 6.45) is 0. The fraction of sp³-hybridized carbons (Fsp3) is 0.417. The van der Waals surface area contributed by atoms with Crippen LogP contribution in [0.15, 0.2) is 35.2 Å². The molecule has 3 nitrogen and oxygen atoms in total. The van der Waals surface area contributed by atoms with Crippen LogP contribution in [0.3, 0.4) is 0 Å². The van der Waals surface area contributed by atoms with E-state index < -0.39 is 0 Å². The summed E-state index contributed by atoms with van der Waals surface area (Å²) in [4.78, 5) is 12.8. The summed E-state index contributed by atoms with van der Waals surface area (Å²) >= 11 is 4.87. The molecule has 1 aromatic rings. The molecule has 0 aromatic heterocycles. The lowest BCUT2D eigenvalue weighted by Gasteiger charge is -2.14. The molecule has 5 heteroatoms. The molecule has 0 radical (unpaired) electrons. The molecule has 0 spiro atoms. The van der Waals surface area contributed by atoms with E-state index in [-0.39, 0.29) is 11.9 Å². The molecule has 1 unspecified atom stereocenters. The summed E-state index contributed by atoms with van der Waals surface area (Å²) < 4.78 is 5.01. The van der Waals surface area contributed by atoms with Crippen LogP contribution in [0.5, 0.6) is 0 Å². The van der Waals surface area contributed by atoms with Crippen molar-refractivity contribution in [2.24, 2.45) is 0 Å². The van der Waals surface area contributed by atoms with E-state index in [0.717, 1.165) is 4.90 Å². The molecule has 0 aliphatic rings. The highest BCUT2D eigenvalue weighted by atomic mass is 79.9. The van der Waals surface area contributed by atoms with Gasteiger partial charge in [-0.2, -0.15) is 0 Å². The molecule has 1 rings (SSSR count). The number of carbonyl (C=O) groups is 1. The van der Waals surface area contributed by atoms with Crippen molar-refractivity contribution in [1.29, 1.82) is 0 Å². The maximum Gasteiger partial charge on any atom is 0.230 e. The Morgan fingerprint density at radius 2 is 2.18 bits per heavy atom. The predicted octanol–water partition coefficient (Wildman–Crippen LogP) is 2.30. The van der Waals surface area contributed by atoms with Crippen molar-refractivity contribution in [3.05, 3.63) is 30.3 Å². The van der Waals surface area contributed by atoms with Crippen molar-refractivity contribution < 1.29 is 9.53 Å². The first-order valence-electron chi connectivity index (χ1n) is 5.28. The molecule has 0 bridgehead atoms. The SMILES string of the molecule is COCC(CBr)NC(=O)CSc1ccccc1. The minimum atomic E-state index is 0.0281. The Labute approximate surface area is 114 Å². The molecule has 0 fully saturated rings. The minimum absolute atomic E-state index is 0.0281. The number of nitrogens with one attached hydrogen (secondary N) is 1. The van der Waals surface area contributed by atoms with E-state index in [0.29, 0.717) is 17.7 Å². The number of halogens is 1. The maximum atomic E-state index is 11.7. The maximum absolute atomic E-state index is 11.7. The first kappa shape index (κ1) is 14.5. The van der Waals surface area contributed by atoms with E-state index in [2.05, 4.69) is 21.2 Å². The molecule has 1 aromatic carbocycles. The number of methoxy groups -OCH3 is 1. The van der Waals surface area contributed by atoms with Crippen LogP contribution in [0.25, 0.3) is 0 Å². The molecule has 0 saturated carbocycles. The monoisotopic (exact) mass is 317 g/mol. The second-order valence-electron chi connectivity index (χ2n) is 3.48. The third kappa shape index (κ3) is 6.10. The van der Waals surface area contributed by atoms with Crippen LogP contribution in [0.2, 0.25) is 0 Å². The lowest BCUT2D eigenvalue weighted by Crippen LogP contribution is -2.40. The minimum Gasteiger partial charge on any atom is -0.383 e. The standard InChI is InChI=1S/C12H16BrNO2S/c1-16-8-10(7-13)14-12(15)9-17-11-5-3-2-4-6-11/h2-6,10H,7-9H2,1H3,(H,14,15). The number of carbonyl (C=O) groups excluding carboxylic acids is 1. The van der Waals surface area contributed by atoms with E-state index in [1.807, 2.05) is 30.3 Å². The average Bonchev–Trinajstić information content (AvgIpc) is 2.37. The van der Waals surface area contributed by atoms with E-state index in [4.69, 9.17) is 4.74 Å². The zero-order valence-corrected chi connectivity index (χ0v) is 12.1. The number of amides is 1. The van der Waals surface area contributed by atoms with E-state index in [1.54, 1.807) is 7.11 Å². The van der Waals surface area contributed by atoms with Gasteiger partial charge in [0.05, 0.1) is 18.4 Å². The molecular formula is C12H16BrNO2S. The molecule has 0 aliphatic heterocycles. The molecule has 1 N–H and O–H groups in total. The molecule has 17 heavy (non-hydrogen) atoms. The largest absolute Gasteiger partial charge is 0.383 e. The van der Waals surface area contributed by atoms with Crippen molar-refractivity contribution >= 4 is 33.6 Å². The number of thioether (sulfide) groups is 1. The summed E-state index contributed by atoms with van der Waals surface area (Å²) in [7, 11) is 1.63. The molecular weight excluding hydrogens is 302 g/mol. The highest BCUT2D eigenvalue weighted by molar-refractivity contribution is 9.09. The molecule has 0 saturated heterocycles. The summed E-state index contributed by atoms with van der Waals surface area (Å²) in [6, 6.07) is 9.91. The van der Waals surface area contributed by atoms with Crippen molar-refractivity contribution in [1.82, 2.24) is 5.32 Å². The van der Waals surface area contributed by atoms with Gasteiger partial charge in [0.2, 0.25) is 5.91 Å². The summed E-state index contributed by atoms with van der Waals surface area (Å²) in [5, 5.41) is 3.60. The molecule has 1 atom stereocenters. The molecule has 0 heterocycles. The Balaban J connectivity index is 2.30. The van der Waals surface area contributed by atoms with E-state index in [9.17, 15) is 4.79 Å². The average molecular weight is 318 g/mol. The van der Waals surface area contributed by atoms with Gasteiger partial charge >= 0.3 is 0 Å². The van der Waals surface area contributed by atoms with E-state index >= 15 is 0 Å². The first-order chi connectivity index (χ1) is 8.26. The van der Waals surface area contributed by atoms with Crippen molar-refractivity contribution in [2.45, 2.75) is 10.9 Å². The van der Waals surface area contributed by atoms with Crippen LogP contribution in [0.1, 0.15) is 0 Å². The Kier molecular flexibility index (Phi) is 7.32. The van der Waals surface area contributed by atoms with Crippen LogP contribution >= 0.6 is 27.7 Å². The fourth-order valence-corrected chi connectivity index (χ4v) is 2.34. The topological polar surface area (TPSA) is 38.3 Å². The van der Waals surface area contributed by atoms with Gasteiger partial charge in [0.15, 0.2) is 0 Å². The number of ether oxygens (including phenoxy) is 1. The normalized spacial score (nSPS) is 12.1. The number of rotatable bonds is 7. The fourth-order valence-electron chi connectivity index (χ4n) is 1.26. The van der Waals surface area contributed by atoms with Gasteiger partial charge in [-0.1, -0.05) is 34.1 Å². The summed E-state index contributed by atoms with van der Waals surface area (Å²) in [5.41, 5.74) is 0. The van der Waals surface area contributed by atoms with Crippen molar-refractivity contribution in [3.8, 4) is 0 Å². The Bertz CT molecular complexity index is 335. The Hall–Kier alpha value is -0.520. The van der Waals surface area contributed by atoms with Crippen LogP contribution in [-0.4, -0.2) is 36.7 Å². The van der Waals surface area contributed by atoms with Gasteiger partial charge in [0.25, 0.3) is 0 Å². The highest BCUT2D eigenvalue weighted by Crippen LogP contribution is 2.16. The van der Waals surface area contributed by atoms with Crippen molar-refractivity contribution in [2.75, 3.05) is 24.8 Å². The van der Waals surface area contributed by atoms with E-state index in [1.165, 1.54) is 11.8 Å². The van der Waals surface area contributed by atoms with Gasteiger partial charge in [0, 0.05) is 17.3 Å². The third-order valence-corrected chi connectivity index (χ3v) is 3.83. The van der Waals surface area contributed by atoms with Gasteiger partial charge in [-0.05, 0) is 12.1 Å². The quantitative estimate of drug-likeness (QED) is 0.619. The molecule has 0 aliphatic carbocycles. The number of benzene rings is 1. The van der Waals surface area contributed by atoms with Crippen molar-refractivity contribution in [3.63, 3.8) is 0 Å².